The summed E-state index contributed by atoms with van der Waals surface area (Å²) >= 11 is 0. The molecule has 1 amide bonds. The van der Waals surface area contributed by atoms with E-state index in [1.54, 1.807) is 18.5 Å². The first-order valence-corrected chi connectivity index (χ1v) is 12.5. The van der Waals surface area contributed by atoms with Crippen LogP contribution in [0.2, 0.25) is 0 Å². The fourth-order valence-electron chi connectivity index (χ4n) is 4.46. The van der Waals surface area contributed by atoms with E-state index in [0.29, 0.717) is 28.7 Å². The van der Waals surface area contributed by atoms with E-state index in [1.165, 1.54) is 0 Å². The molecule has 2 heterocycles. The Morgan fingerprint density at radius 2 is 1.97 bits per heavy atom. The number of aromatic nitrogens is 1. The number of carbonyl (C=O) groups excluding carboxylic acids is 2. The van der Waals surface area contributed by atoms with E-state index < -0.39 is 11.7 Å². The molecule has 2 aromatic heterocycles. The van der Waals surface area contributed by atoms with Crippen molar-refractivity contribution < 1.29 is 18.7 Å². The van der Waals surface area contributed by atoms with E-state index in [2.05, 4.69) is 29.0 Å². The van der Waals surface area contributed by atoms with Crippen LogP contribution in [0.15, 0.2) is 64.1 Å². The monoisotopic (exact) mass is 501 g/mol. The largest absolute Gasteiger partial charge is 0.449 e. The molecular formula is C29H31N3O5. The fourth-order valence-corrected chi connectivity index (χ4v) is 4.46. The van der Waals surface area contributed by atoms with Crippen LogP contribution in [0.25, 0.3) is 16.5 Å². The first kappa shape index (κ1) is 25.9. The molecule has 1 N–H and O–H groups in total. The van der Waals surface area contributed by atoms with E-state index in [1.807, 2.05) is 43.3 Å². The molecule has 0 saturated heterocycles. The maximum atomic E-state index is 12.7. The van der Waals surface area contributed by atoms with E-state index in [4.69, 9.17) is 9.15 Å². The molecule has 3 aromatic rings. The van der Waals surface area contributed by atoms with Crippen LogP contribution in [-0.4, -0.2) is 36.6 Å². The predicted molar refractivity (Wildman–Crippen MR) is 144 cm³/mol. The average molecular weight is 502 g/mol. The SMILES string of the molecule is CCN(CC)c1ccc2c(C)c(CCOC(=O)NCc3cncc(C4=CC=CCC4=O)c3)c(=O)oc2c1. The van der Waals surface area contributed by atoms with Crippen LogP contribution in [0.3, 0.4) is 0 Å². The molecule has 0 saturated carbocycles. The Hall–Kier alpha value is -4.20. The molecule has 4 rings (SSSR count). The van der Waals surface area contributed by atoms with E-state index >= 15 is 0 Å². The van der Waals surface area contributed by atoms with Crippen LogP contribution in [0.1, 0.15) is 42.5 Å². The van der Waals surface area contributed by atoms with E-state index in [9.17, 15) is 14.4 Å². The summed E-state index contributed by atoms with van der Waals surface area (Å²) in [6, 6.07) is 7.71. The maximum Gasteiger partial charge on any atom is 0.407 e. The molecule has 37 heavy (non-hydrogen) atoms. The van der Waals surface area contributed by atoms with Crippen LogP contribution in [0.4, 0.5) is 10.5 Å². The number of ether oxygens (including phenoxy) is 1. The van der Waals surface area contributed by atoms with Crippen molar-refractivity contribution in [2.45, 2.75) is 40.2 Å². The van der Waals surface area contributed by atoms with Gasteiger partial charge in [-0.05, 0) is 50.1 Å². The Kier molecular flexibility index (Phi) is 8.18. The smallest absolute Gasteiger partial charge is 0.407 e. The van der Waals surface area contributed by atoms with E-state index in [0.717, 1.165) is 35.3 Å². The van der Waals surface area contributed by atoms with Crippen molar-refractivity contribution in [3.05, 3.63) is 87.6 Å². The molecule has 192 valence electrons. The highest BCUT2D eigenvalue weighted by molar-refractivity contribution is 6.22. The fraction of sp³-hybridized carbons (Fsp3) is 0.310. The van der Waals surface area contributed by atoms with Gasteiger partial charge in [-0.3, -0.25) is 9.78 Å². The third kappa shape index (κ3) is 5.97. The number of fused-ring (bicyclic) bond motifs is 1. The molecular weight excluding hydrogens is 470 g/mol. The van der Waals surface area contributed by atoms with Crippen LogP contribution < -0.4 is 15.8 Å². The lowest BCUT2D eigenvalue weighted by molar-refractivity contribution is -0.113. The maximum absolute atomic E-state index is 12.7. The van der Waals surface area contributed by atoms with Gasteiger partial charge in [0.25, 0.3) is 0 Å². The second-order valence-corrected chi connectivity index (χ2v) is 8.80. The zero-order valence-corrected chi connectivity index (χ0v) is 21.4. The summed E-state index contributed by atoms with van der Waals surface area (Å²) in [5.74, 6) is 0.0339. The molecule has 0 aliphatic heterocycles. The number of nitrogens with zero attached hydrogens (tertiary/aromatic N) is 2. The molecule has 1 aliphatic carbocycles. The molecule has 8 nitrogen and oxygen atoms in total. The van der Waals surface area contributed by atoms with Crippen molar-refractivity contribution in [3.8, 4) is 0 Å². The molecule has 1 aromatic carbocycles. The number of Topliss-reactive ketones (excluding diaryl/α,β-unsaturated/α-hetero) is 1. The van der Waals surface area contributed by atoms with Crippen molar-refractivity contribution in [1.29, 1.82) is 0 Å². The highest BCUT2D eigenvalue weighted by atomic mass is 16.5. The summed E-state index contributed by atoms with van der Waals surface area (Å²) in [5, 5.41) is 3.55. The number of allylic oxidation sites excluding steroid dienone is 4. The minimum absolute atomic E-state index is 0.0339. The van der Waals surface area contributed by atoms with Gasteiger partial charge < -0.3 is 19.4 Å². The molecule has 1 aliphatic rings. The molecule has 0 unspecified atom stereocenters. The van der Waals surface area contributed by atoms with Gasteiger partial charge in [0.1, 0.15) is 5.58 Å². The Balaban J connectivity index is 1.35. The molecule has 0 bridgehead atoms. The van der Waals surface area contributed by atoms with Gasteiger partial charge in [0.2, 0.25) is 0 Å². The summed E-state index contributed by atoms with van der Waals surface area (Å²) in [6.07, 6.45) is 8.70. The third-order valence-electron chi connectivity index (χ3n) is 6.53. The normalized spacial score (nSPS) is 12.9. The molecule has 0 spiro atoms. The predicted octanol–water partition coefficient (Wildman–Crippen LogP) is 4.72. The van der Waals surface area contributed by atoms with Crippen molar-refractivity contribution in [1.82, 2.24) is 10.3 Å². The minimum Gasteiger partial charge on any atom is -0.449 e. The molecule has 0 radical (unpaired) electrons. The molecule has 0 fully saturated rings. The van der Waals surface area contributed by atoms with Crippen LogP contribution in [0, 0.1) is 6.92 Å². The first-order chi connectivity index (χ1) is 17.9. The number of pyridine rings is 1. The van der Waals surface area contributed by atoms with Gasteiger partial charge in [0, 0.05) is 78.7 Å². The van der Waals surface area contributed by atoms with Crippen LogP contribution >= 0.6 is 0 Å². The zero-order valence-electron chi connectivity index (χ0n) is 21.4. The number of hydrogen-bond donors (Lipinski definition) is 1. The summed E-state index contributed by atoms with van der Waals surface area (Å²) in [5.41, 5.74) is 4.51. The van der Waals surface area contributed by atoms with Crippen molar-refractivity contribution in [2.75, 3.05) is 24.6 Å². The van der Waals surface area contributed by atoms with Crippen molar-refractivity contribution >= 4 is 34.1 Å². The van der Waals surface area contributed by atoms with Crippen LogP contribution in [0.5, 0.6) is 0 Å². The number of nitrogens with one attached hydrogen (secondary N) is 1. The van der Waals surface area contributed by atoms with Gasteiger partial charge in [-0.15, -0.1) is 0 Å². The summed E-state index contributed by atoms with van der Waals surface area (Å²) in [4.78, 5) is 43.4. The number of amides is 1. The number of benzene rings is 1. The van der Waals surface area contributed by atoms with Gasteiger partial charge in [-0.2, -0.15) is 0 Å². The number of ketones is 1. The van der Waals surface area contributed by atoms with Gasteiger partial charge in [-0.25, -0.2) is 9.59 Å². The van der Waals surface area contributed by atoms with Crippen LogP contribution in [-0.2, 0) is 22.5 Å². The molecule has 0 atom stereocenters. The number of rotatable bonds is 9. The standard InChI is InChI=1S/C29H31N3O5/c1-4-32(5-2)22-10-11-23-19(3)24(28(34)37-27(23)15-22)12-13-36-29(35)31-17-20-14-21(18-30-16-20)25-8-6-7-9-26(25)33/h6-8,10-11,14-16,18H,4-5,9,12-13,17H2,1-3H3,(H,31,35). The summed E-state index contributed by atoms with van der Waals surface area (Å²) in [6.45, 7) is 8.00. The molecule has 8 heteroatoms. The Morgan fingerprint density at radius 3 is 2.73 bits per heavy atom. The minimum atomic E-state index is -0.604. The number of carbonyl (C=O) groups is 2. The quantitative estimate of drug-likeness (QED) is 0.423. The Bertz CT molecular complexity index is 1430. The Labute approximate surface area is 215 Å². The van der Waals surface area contributed by atoms with Gasteiger partial charge in [-0.1, -0.05) is 18.2 Å². The zero-order chi connectivity index (χ0) is 26.4. The third-order valence-corrected chi connectivity index (χ3v) is 6.53. The van der Waals surface area contributed by atoms with E-state index in [-0.39, 0.29) is 25.4 Å². The van der Waals surface area contributed by atoms with Crippen molar-refractivity contribution in [3.63, 3.8) is 0 Å². The Morgan fingerprint density at radius 1 is 1.16 bits per heavy atom. The second-order valence-electron chi connectivity index (χ2n) is 8.80. The first-order valence-electron chi connectivity index (χ1n) is 12.5. The van der Waals surface area contributed by atoms with Gasteiger partial charge >= 0.3 is 11.7 Å². The summed E-state index contributed by atoms with van der Waals surface area (Å²) < 4.78 is 10.9. The lowest BCUT2D eigenvalue weighted by atomic mass is 9.96. The number of alkyl carbamates (subject to hydrolysis) is 1. The van der Waals surface area contributed by atoms with Crippen molar-refractivity contribution in [2.24, 2.45) is 0 Å². The van der Waals surface area contributed by atoms with Gasteiger partial charge in [0.05, 0.1) is 6.61 Å². The lowest BCUT2D eigenvalue weighted by Gasteiger charge is -2.21. The topological polar surface area (TPSA) is 102 Å². The lowest BCUT2D eigenvalue weighted by Crippen LogP contribution is -2.25. The number of aryl methyl sites for hydroxylation is 1. The number of hydrogen-bond acceptors (Lipinski definition) is 7. The highest BCUT2D eigenvalue weighted by Gasteiger charge is 2.15. The number of anilines is 1. The summed E-state index contributed by atoms with van der Waals surface area (Å²) in [7, 11) is 0. The van der Waals surface area contributed by atoms with Gasteiger partial charge in [0.15, 0.2) is 5.78 Å². The average Bonchev–Trinajstić information content (AvgIpc) is 2.90. The highest BCUT2D eigenvalue weighted by Crippen LogP contribution is 2.25. The second kappa shape index (κ2) is 11.7.